The standard InChI is InChI=1S/C16H26ClN3/c1-3-19(4-2)14-9-11-20(12-14)16-13(8-10-18)6-5-7-15(16)17/h5-7,14H,3-4,8-12,18H2,1-2H3. The number of benzene rings is 1. The van der Waals surface area contributed by atoms with Crippen molar-refractivity contribution in [2.24, 2.45) is 5.73 Å². The summed E-state index contributed by atoms with van der Waals surface area (Å²) < 4.78 is 0. The van der Waals surface area contributed by atoms with Gasteiger partial charge in [-0.25, -0.2) is 0 Å². The highest BCUT2D eigenvalue weighted by Crippen LogP contribution is 2.33. The predicted molar refractivity (Wildman–Crippen MR) is 87.7 cm³/mol. The molecule has 0 spiro atoms. The Bertz CT molecular complexity index is 432. The molecule has 0 amide bonds. The van der Waals surface area contributed by atoms with Crippen LogP contribution in [0.2, 0.25) is 5.02 Å². The number of nitrogens with zero attached hydrogens (tertiary/aromatic N) is 2. The molecule has 0 aromatic heterocycles. The third-order valence-corrected chi connectivity index (χ3v) is 4.60. The minimum absolute atomic E-state index is 0.645. The summed E-state index contributed by atoms with van der Waals surface area (Å²) in [6.07, 6.45) is 2.11. The summed E-state index contributed by atoms with van der Waals surface area (Å²) in [5.41, 5.74) is 8.21. The normalized spacial score (nSPS) is 19.1. The van der Waals surface area contributed by atoms with Crippen LogP contribution in [-0.2, 0) is 6.42 Å². The molecular weight excluding hydrogens is 270 g/mol. The lowest BCUT2D eigenvalue weighted by Crippen LogP contribution is -2.37. The van der Waals surface area contributed by atoms with E-state index in [0.29, 0.717) is 12.6 Å². The Morgan fingerprint density at radius 1 is 1.35 bits per heavy atom. The van der Waals surface area contributed by atoms with Crippen molar-refractivity contribution in [3.63, 3.8) is 0 Å². The SMILES string of the molecule is CCN(CC)C1CCN(c2c(Cl)cccc2CCN)C1. The molecule has 20 heavy (non-hydrogen) atoms. The van der Waals surface area contributed by atoms with Crippen molar-refractivity contribution in [3.8, 4) is 0 Å². The molecule has 1 atom stereocenters. The maximum atomic E-state index is 6.44. The van der Waals surface area contributed by atoms with Gasteiger partial charge in [-0.3, -0.25) is 4.90 Å². The summed E-state index contributed by atoms with van der Waals surface area (Å²) in [5.74, 6) is 0. The van der Waals surface area contributed by atoms with Gasteiger partial charge in [-0.2, -0.15) is 0 Å². The van der Waals surface area contributed by atoms with Crippen LogP contribution < -0.4 is 10.6 Å². The third kappa shape index (κ3) is 3.27. The topological polar surface area (TPSA) is 32.5 Å². The molecule has 1 aromatic rings. The number of anilines is 1. The van der Waals surface area contributed by atoms with Crippen LogP contribution in [0.1, 0.15) is 25.8 Å². The van der Waals surface area contributed by atoms with Crippen molar-refractivity contribution in [1.82, 2.24) is 4.90 Å². The van der Waals surface area contributed by atoms with Crippen molar-refractivity contribution in [2.45, 2.75) is 32.7 Å². The van der Waals surface area contributed by atoms with Crippen LogP contribution in [0, 0.1) is 0 Å². The molecule has 0 aliphatic carbocycles. The van der Waals surface area contributed by atoms with E-state index in [9.17, 15) is 0 Å². The van der Waals surface area contributed by atoms with Crippen LogP contribution in [0.15, 0.2) is 18.2 Å². The van der Waals surface area contributed by atoms with E-state index in [4.69, 9.17) is 17.3 Å². The minimum Gasteiger partial charge on any atom is -0.368 e. The minimum atomic E-state index is 0.645. The first kappa shape index (κ1) is 15.6. The van der Waals surface area contributed by atoms with Crippen LogP contribution in [0.5, 0.6) is 0 Å². The van der Waals surface area contributed by atoms with Gasteiger partial charge in [0, 0.05) is 19.1 Å². The highest BCUT2D eigenvalue weighted by atomic mass is 35.5. The summed E-state index contributed by atoms with van der Waals surface area (Å²) in [7, 11) is 0. The van der Waals surface area contributed by atoms with E-state index in [1.54, 1.807) is 0 Å². The molecule has 4 heteroatoms. The monoisotopic (exact) mass is 295 g/mol. The fourth-order valence-corrected chi connectivity index (χ4v) is 3.57. The molecule has 1 aliphatic rings. The van der Waals surface area contributed by atoms with Gasteiger partial charge in [0.25, 0.3) is 0 Å². The fourth-order valence-electron chi connectivity index (χ4n) is 3.25. The summed E-state index contributed by atoms with van der Waals surface area (Å²) in [5, 5.41) is 0.858. The first-order chi connectivity index (χ1) is 9.71. The van der Waals surface area contributed by atoms with Crippen LogP contribution in [0.3, 0.4) is 0 Å². The number of nitrogens with two attached hydrogens (primary N) is 1. The zero-order chi connectivity index (χ0) is 14.5. The van der Waals surface area contributed by atoms with Crippen molar-refractivity contribution in [3.05, 3.63) is 28.8 Å². The zero-order valence-corrected chi connectivity index (χ0v) is 13.4. The molecule has 2 N–H and O–H groups in total. The lowest BCUT2D eigenvalue weighted by Gasteiger charge is -2.28. The molecule has 1 saturated heterocycles. The van der Waals surface area contributed by atoms with E-state index in [1.807, 2.05) is 12.1 Å². The van der Waals surface area contributed by atoms with Crippen LogP contribution in [-0.4, -0.2) is 43.7 Å². The third-order valence-electron chi connectivity index (χ3n) is 4.29. The maximum Gasteiger partial charge on any atom is 0.0642 e. The molecule has 1 aromatic carbocycles. The van der Waals surface area contributed by atoms with Crippen LogP contribution >= 0.6 is 11.6 Å². The van der Waals surface area contributed by atoms with Gasteiger partial charge < -0.3 is 10.6 Å². The molecule has 0 radical (unpaired) electrons. The van der Waals surface area contributed by atoms with Gasteiger partial charge in [0.15, 0.2) is 0 Å². The van der Waals surface area contributed by atoms with Crippen LogP contribution in [0.4, 0.5) is 5.69 Å². The van der Waals surface area contributed by atoms with E-state index in [2.05, 4.69) is 29.7 Å². The first-order valence-electron chi connectivity index (χ1n) is 7.67. The number of halogens is 1. The quantitative estimate of drug-likeness (QED) is 0.876. The first-order valence-corrected chi connectivity index (χ1v) is 8.05. The average Bonchev–Trinajstić information content (AvgIpc) is 2.90. The second-order valence-corrected chi connectivity index (χ2v) is 5.80. The summed E-state index contributed by atoms with van der Waals surface area (Å²) in [4.78, 5) is 4.98. The maximum absolute atomic E-state index is 6.44. The number of hydrogen-bond donors (Lipinski definition) is 1. The molecule has 1 heterocycles. The van der Waals surface area contributed by atoms with E-state index >= 15 is 0 Å². The number of hydrogen-bond acceptors (Lipinski definition) is 3. The molecule has 0 bridgehead atoms. The molecule has 0 saturated carbocycles. The highest BCUT2D eigenvalue weighted by Gasteiger charge is 2.28. The lowest BCUT2D eigenvalue weighted by atomic mass is 10.1. The molecule has 1 unspecified atom stereocenters. The molecule has 1 fully saturated rings. The number of likely N-dealkylation sites (N-methyl/N-ethyl adjacent to an activating group) is 1. The van der Waals surface area contributed by atoms with Crippen molar-refractivity contribution in [1.29, 1.82) is 0 Å². The van der Waals surface area contributed by atoms with E-state index in [0.717, 1.165) is 37.6 Å². The van der Waals surface area contributed by atoms with Gasteiger partial charge in [0.1, 0.15) is 0 Å². The van der Waals surface area contributed by atoms with Crippen molar-refractivity contribution >= 4 is 17.3 Å². The van der Waals surface area contributed by atoms with Gasteiger partial charge in [-0.05, 0) is 44.1 Å². The molecular formula is C16H26ClN3. The Labute approximate surface area is 127 Å². The Hall–Kier alpha value is -0.770. The second kappa shape index (κ2) is 7.30. The molecule has 112 valence electrons. The van der Waals surface area contributed by atoms with Crippen molar-refractivity contribution < 1.29 is 0 Å². The smallest absolute Gasteiger partial charge is 0.0642 e. The fraction of sp³-hybridized carbons (Fsp3) is 0.625. The van der Waals surface area contributed by atoms with Gasteiger partial charge >= 0.3 is 0 Å². The molecule has 1 aliphatic heterocycles. The molecule has 2 rings (SSSR count). The van der Waals surface area contributed by atoms with Crippen molar-refractivity contribution in [2.75, 3.05) is 37.6 Å². The molecule has 3 nitrogen and oxygen atoms in total. The predicted octanol–water partition coefficient (Wildman–Crippen LogP) is 2.76. The second-order valence-electron chi connectivity index (χ2n) is 5.40. The zero-order valence-electron chi connectivity index (χ0n) is 12.6. The van der Waals surface area contributed by atoms with E-state index in [1.165, 1.54) is 17.7 Å². The summed E-state index contributed by atoms with van der Waals surface area (Å²) in [6, 6.07) is 6.81. The Kier molecular flexibility index (Phi) is 5.70. The summed E-state index contributed by atoms with van der Waals surface area (Å²) >= 11 is 6.44. The average molecular weight is 296 g/mol. The Morgan fingerprint density at radius 3 is 2.75 bits per heavy atom. The Morgan fingerprint density at radius 2 is 2.10 bits per heavy atom. The van der Waals surface area contributed by atoms with E-state index in [-0.39, 0.29) is 0 Å². The van der Waals surface area contributed by atoms with Gasteiger partial charge in [-0.1, -0.05) is 37.6 Å². The summed E-state index contributed by atoms with van der Waals surface area (Å²) in [6.45, 7) is 9.54. The Balaban J connectivity index is 2.17. The number of rotatable bonds is 6. The van der Waals surface area contributed by atoms with E-state index < -0.39 is 0 Å². The van der Waals surface area contributed by atoms with Gasteiger partial charge in [-0.15, -0.1) is 0 Å². The van der Waals surface area contributed by atoms with Gasteiger partial charge in [0.05, 0.1) is 10.7 Å². The van der Waals surface area contributed by atoms with Gasteiger partial charge in [0.2, 0.25) is 0 Å². The largest absolute Gasteiger partial charge is 0.368 e. The lowest BCUT2D eigenvalue weighted by molar-refractivity contribution is 0.232. The van der Waals surface area contributed by atoms with Crippen LogP contribution in [0.25, 0.3) is 0 Å². The highest BCUT2D eigenvalue weighted by molar-refractivity contribution is 6.33. The number of para-hydroxylation sites is 1.